The molecule has 0 fully saturated rings. The van der Waals surface area contributed by atoms with Crippen LogP contribution < -0.4 is 10.5 Å². The maximum Gasteiger partial charge on any atom is 0.232 e. The number of hydrogen-bond donors (Lipinski definition) is 1. The number of fused-ring (bicyclic) bond motifs is 1. The summed E-state index contributed by atoms with van der Waals surface area (Å²) >= 11 is 0. The summed E-state index contributed by atoms with van der Waals surface area (Å²) in [5.41, 5.74) is 14.5. The Bertz CT molecular complexity index is 1850. The number of benzene rings is 1. The number of aryl methyl sites for hydroxylation is 2. The van der Waals surface area contributed by atoms with Gasteiger partial charge in [0.15, 0.2) is 11.6 Å². The first-order valence-corrected chi connectivity index (χ1v) is 16.3. The van der Waals surface area contributed by atoms with Crippen LogP contribution in [-0.2, 0) is 0 Å². The third-order valence-corrected chi connectivity index (χ3v) is 12.1. The Kier molecular flexibility index (Phi) is 7.13. The van der Waals surface area contributed by atoms with E-state index in [-0.39, 0.29) is 16.6 Å². The van der Waals surface area contributed by atoms with Crippen LogP contribution in [0.15, 0.2) is 59.5 Å². The van der Waals surface area contributed by atoms with Crippen LogP contribution in [-0.4, -0.2) is 28.0 Å². The molecule has 0 spiro atoms. The lowest BCUT2D eigenvalue weighted by Crippen LogP contribution is -2.35. The molecule has 208 valence electrons. The molecular weight excluding hydrogens is 533 g/mol. The zero-order valence-electron chi connectivity index (χ0n) is 24.3. The van der Waals surface area contributed by atoms with Gasteiger partial charge in [0.25, 0.3) is 0 Å². The quantitative estimate of drug-likeness (QED) is 0.175. The number of nitrogens with two attached hydrogens (primary N) is 1. The van der Waals surface area contributed by atoms with E-state index in [2.05, 4.69) is 65.3 Å². The normalized spacial score (nSPS) is 11.8. The molecule has 0 bridgehead atoms. The number of rotatable bonds is 4. The Morgan fingerprint density at radius 1 is 1.00 bits per heavy atom. The molecule has 0 amide bonds. The van der Waals surface area contributed by atoms with E-state index in [0.29, 0.717) is 39.6 Å². The minimum absolute atomic E-state index is 0.0490. The van der Waals surface area contributed by atoms with E-state index in [1.807, 2.05) is 26.0 Å². The van der Waals surface area contributed by atoms with Gasteiger partial charge in [-0.1, -0.05) is 45.9 Å². The molecule has 0 aliphatic carbocycles. The number of nitrogens with zero attached hydrogens (tertiary/aromatic N) is 4. The van der Waals surface area contributed by atoms with Gasteiger partial charge in [-0.05, 0) is 59.8 Å². The van der Waals surface area contributed by atoms with Crippen molar-refractivity contribution in [2.75, 3.05) is 5.73 Å². The molecule has 7 nitrogen and oxygen atoms in total. The molecule has 0 saturated carbocycles. The van der Waals surface area contributed by atoms with Crippen molar-refractivity contribution in [2.24, 2.45) is 0 Å². The lowest BCUT2D eigenvalue weighted by Gasteiger charge is -2.31. The highest BCUT2D eigenvalue weighted by Crippen LogP contribution is 2.43. The van der Waals surface area contributed by atoms with Crippen LogP contribution in [0.4, 0.5) is 10.2 Å². The highest BCUT2D eigenvalue weighted by molar-refractivity contribution is 6.87. The highest BCUT2D eigenvalue weighted by Gasteiger charge is 2.33. The van der Waals surface area contributed by atoms with Crippen molar-refractivity contribution < 1.29 is 13.5 Å². The predicted molar refractivity (Wildman–Crippen MR) is 163 cm³/mol. The Balaban J connectivity index is 1.59. The van der Waals surface area contributed by atoms with Crippen LogP contribution >= 0.6 is 0 Å². The van der Waals surface area contributed by atoms with Gasteiger partial charge in [-0.15, -0.1) is 5.54 Å². The third-order valence-electron chi connectivity index (χ3n) is 7.58. The largest absolute Gasteiger partial charge is 0.437 e. The molecule has 1 aromatic carbocycles. The minimum atomic E-state index is -1.80. The van der Waals surface area contributed by atoms with Crippen molar-refractivity contribution in [3.63, 3.8) is 0 Å². The van der Waals surface area contributed by atoms with E-state index < -0.39 is 13.9 Å². The van der Waals surface area contributed by atoms with Gasteiger partial charge < -0.3 is 14.9 Å². The Morgan fingerprint density at radius 3 is 2.46 bits per heavy atom. The molecule has 41 heavy (non-hydrogen) atoms. The molecule has 4 heterocycles. The molecule has 5 aromatic rings. The zero-order chi connectivity index (χ0) is 29.5. The molecule has 0 aliphatic heterocycles. The molecule has 0 atom stereocenters. The zero-order valence-corrected chi connectivity index (χ0v) is 25.3. The van der Waals surface area contributed by atoms with Crippen LogP contribution in [0.5, 0.6) is 11.6 Å². The average Bonchev–Trinajstić information content (AvgIpc) is 3.29. The summed E-state index contributed by atoms with van der Waals surface area (Å²) in [6, 6.07) is 10.2. The molecule has 2 N–H and O–H groups in total. The van der Waals surface area contributed by atoms with Gasteiger partial charge in [0.2, 0.25) is 11.6 Å². The van der Waals surface area contributed by atoms with Gasteiger partial charge in [-0.3, -0.25) is 0 Å². The van der Waals surface area contributed by atoms with Crippen LogP contribution in [0.25, 0.3) is 33.6 Å². The van der Waals surface area contributed by atoms with E-state index >= 15 is 4.39 Å². The summed E-state index contributed by atoms with van der Waals surface area (Å²) in [5.74, 6) is 3.78. The van der Waals surface area contributed by atoms with Gasteiger partial charge in [-0.2, -0.15) is 0 Å². The summed E-state index contributed by atoms with van der Waals surface area (Å²) in [7, 11) is -1.80. The average molecular weight is 566 g/mol. The summed E-state index contributed by atoms with van der Waals surface area (Å²) in [5, 5.41) is 0.642. The number of pyridine rings is 2. The summed E-state index contributed by atoms with van der Waals surface area (Å²) in [6.45, 7) is 15.1. The second-order valence-corrected chi connectivity index (χ2v) is 16.7. The van der Waals surface area contributed by atoms with E-state index in [1.165, 1.54) is 12.4 Å². The first-order valence-electron chi connectivity index (χ1n) is 13.3. The SMILES string of the molecule is Cc1ccnc(Oc2ccc(-c3c(-c4cnc(C#C[Si](C)(C)C(C)(C)C)cc4C)oc4ncnc(N)c34)cc2F)c1. The fourth-order valence-corrected chi connectivity index (χ4v) is 4.92. The fourth-order valence-electron chi connectivity index (χ4n) is 4.11. The van der Waals surface area contributed by atoms with Crippen molar-refractivity contribution in [1.29, 1.82) is 0 Å². The number of aromatic nitrogens is 4. The van der Waals surface area contributed by atoms with Crippen LogP contribution in [0.3, 0.4) is 0 Å². The maximum absolute atomic E-state index is 15.4. The topological polar surface area (TPSA) is 100.0 Å². The van der Waals surface area contributed by atoms with Crippen LogP contribution in [0, 0.1) is 31.1 Å². The predicted octanol–water partition coefficient (Wildman–Crippen LogP) is 7.88. The summed E-state index contributed by atoms with van der Waals surface area (Å²) in [4.78, 5) is 17.2. The van der Waals surface area contributed by atoms with Crippen molar-refractivity contribution in [1.82, 2.24) is 19.9 Å². The minimum Gasteiger partial charge on any atom is -0.437 e. The molecule has 0 unspecified atom stereocenters. The van der Waals surface area contributed by atoms with Crippen LogP contribution in [0.1, 0.15) is 37.6 Å². The number of halogens is 1. The molecule has 9 heteroatoms. The first kappa shape index (κ1) is 28.0. The number of nitrogen functional groups attached to an aromatic ring is 1. The van der Waals surface area contributed by atoms with Crippen LogP contribution in [0.2, 0.25) is 18.1 Å². The molecule has 5 rings (SSSR count). The molecule has 0 saturated heterocycles. The van der Waals surface area contributed by atoms with E-state index in [9.17, 15) is 0 Å². The van der Waals surface area contributed by atoms with Crippen molar-refractivity contribution in [2.45, 2.75) is 52.8 Å². The number of anilines is 1. The van der Waals surface area contributed by atoms with Gasteiger partial charge in [0.05, 0.1) is 5.39 Å². The lowest BCUT2D eigenvalue weighted by atomic mass is 9.97. The van der Waals surface area contributed by atoms with E-state index in [1.54, 1.807) is 30.6 Å². The van der Waals surface area contributed by atoms with Gasteiger partial charge in [0, 0.05) is 29.6 Å². The van der Waals surface area contributed by atoms with Crippen molar-refractivity contribution in [3.05, 3.63) is 77.8 Å². The maximum atomic E-state index is 15.4. The fraction of sp³-hybridized carbons (Fsp3) is 0.250. The smallest absolute Gasteiger partial charge is 0.232 e. The monoisotopic (exact) mass is 565 g/mol. The van der Waals surface area contributed by atoms with Gasteiger partial charge in [-0.25, -0.2) is 24.3 Å². The standard InChI is InChI=1S/C32H32FN5O2Si/c1-19-10-12-35-26(14-19)39-25-9-8-21(16-24(25)33)27-28-30(34)37-18-38-31(28)40-29(27)23-17-36-22(15-20(23)2)11-13-41(6,7)32(3,4)5/h8-10,12,14-18H,1-7H3,(H2,34,37,38). The highest BCUT2D eigenvalue weighted by atomic mass is 28.3. The number of ether oxygens (including phenoxy) is 1. The second kappa shape index (κ2) is 10.4. The first-order chi connectivity index (χ1) is 19.3. The molecule has 0 radical (unpaired) electrons. The Labute approximate surface area is 240 Å². The second-order valence-electron chi connectivity index (χ2n) is 11.7. The van der Waals surface area contributed by atoms with E-state index in [4.69, 9.17) is 14.9 Å². The van der Waals surface area contributed by atoms with Crippen molar-refractivity contribution in [3.8, 4) is 45.5 Å². The molecule has 4 aromatic heterocycles. The summed E-state index contributed by atoms with van der Waals surface area (Å²) < 4.78 is 27.3. The Hall–Kier alpha value is -4.55. The van der Waals surface area contributed by atoms with Gasteiger partial charge in [0.1, 0.15) is 31.7 Å². The number of furan rings is 1. The molecular formula is C32H32FN5O2Si. The Morgan fingerprint density at radius 2 is 1.78 bits per heavy atom. The summed E-state index contributed by atoms with van der Waals surface area (Å²) in [6.07, 6.45) is 4.68. The van der Waals surface area contributed by atoms with E-state index in [0.717, 1.165) is 16.7 Å². The van der Waals surface area contributed by atoms with Crippen molar-refractivity contribution >= 4 is 25.0 Å². The lowest BCUT2D eigenvalue weighted by molar-refractivity contribution is 0.427. The number of hydrogen-bond acceptors (Lipinski definition) is 7. The molecule has 0 aliphatic rings. The third kappa shape index (κ3) is 5.56. The van der Waals surface area contributed by atoms with Gasteiger partial charge >= 0.3 is 0 Å².